The van der Waals surface area contributed by atoms with E-state index in [9.17, 15) is 9.59 Å². The molecule has 0 aliphatic carbocycles. The molecule has 1 fully saturated rings. The van der Waals surface area contributed by atoms with E-state index in [1.807, 2.05) is 67.3 Å². The number of aromatic nitrogens is 1. The Morgan fingerprint density at radius 3 is 2.14 bits per heavy atom. The molecular formula is C31H31N3O2. The van der Waals surface area contributed by atoms with Crippen molar-refractivity contribution in [3.05, 3.63) is 90.5 Å². The highest BCUT2D eigenvalue weighted by molar-refractivity contribution is 6.07. The Kier molecular flexibility index (Phi) is 6.81. The fourth-order valence-electron chi connectivity index (χ4n) is 4.85. The van der Waals surface area contributed by atoms with E-state index in [0.717, 1.165) is 46.1 Å². The molecule has 182 valence electrons. The van der Waals surface area contributed by atoms with Crippen molar-refractivity contribution >= 4 is 22.7 Å². The van der Waals surface area contributed by atoms with Gasteiger partial charge in [-0.25, -0.2) is 4.98 Å². The molecule has 0 unspecified atom stereocenters. The molecular weight excluding hydrogens is 446 g/mol. The van der Waals surface area contributed by atoms with E-state index in [2.05, 4.69) is 41.7 Å². The molecule has 1 saturated heterocycles. The van der Waals surface area contributed by atoms with Gasteiger partial charge in [0.25, 0.3) is 5.91 Å². The van der Waals surface area contributed by atoms with Crippen LogP contribution >= 0.6 is 0 Å². The van der Waals surface area contributed by atoms with Crippen LogP contribution in [0.15, 0.2) is 84.9 Å². The first kappa shape index (κ1) is 23.7. The van der Waals surface area contributed by atoms with E-state index >= 15 is 0 Å². The number of carbonyl (C=O) groups is 2. The van der Waals surface area contributed by atoms with Gasteiger partial charge >= 0.3 is 0 Å². The number of hydrogen-bond donors (Lipinski definition) is 1. The van der Waals surface area contributed by atoms with E-state index in [1.165, 1.54) is 0 Å². The molecule has 2 heterocycles. The van der Waals surface area contributed by atoms with Crippen LogP contribution in [-0.4, -0.2) is 40.8 Å². The lowest BCUT2D eigenvalue weighted by molar-refractivity contribution is -0.135. The number of rotatable bonds is 5. The summed E-state index contributed by atoms with van der Waals surface area (Å²) in [6.45, 7) is 5.21. The normalized spacial score (nSPS) is 14.2. The maximum atomic E-state index is 13.5. The molecule has 4 aromatic rings. The van der Waals surface area contributed by atoms with Gasteiger partial charge in [0.1, 0.15) is 0 Å². The van der Waals surface area contributed by atoms with Crippen molar-refractivity contribution in [1.29, 1.82) is 0 Å². The van der Waals surface area contributed by atoms with Gasteiger partial charge in [-0.2, -0.15) is 0 Å². The molecule has 1 N–H and O–H groups in total. The highest BCUT2D eigenvalue weighted by Crippen LogP contribution is 2.28. The smallest absolute Gasteiger partial charge is 0.252 e. The molecule has 0 spiro atoms. The first-order valence-electron chi connectivity index (χ1n) is 12.6. The fraction of sp³-hybridized carbons (Fsp3) is 0.258. The predicted molar refractivity (Wildman–Crippen MR) is 145 cm³/mol. The lowest BCUT2D eigenvalue weighted by atomic mass is 9.99. The van der Waals surface area contributed by atoms with Crippen molar-refractivity contribution in [1.82, 2.24) is 15.2 Å². The first-order valence-corrected chi connectivity index (χ1v) is 12.6. The molecule has 0 radical (unpaired) electrons. The molecule has 5 rings (SSSR count). The number of benzene rings is 3. The van der Waals surface area contributed by atoms with Crippen LogP contribution < -0.4 is 5.32 Å². The second-order valence-corrected chi connectivity index (χ2v) is 9.74. The number of likely N-dealkylation sites (tertiary alicyclic amines) is 1. The summed E-state index contributed by atoms with van der Waals surface area (Å²) in [5, 5.41) is 4.06. The maximum Gasteiger partial charge on any atom is 0.252 e. The van der Waals surface area contributed by atoms with Crippen molar-refractivity contribution < 1.29 is 9.59 Å². The van der Waals surface area contributed by atoms with Crippen molar-refractivity contribution in [2.45, 2.75) is 32.7 Å². The Bertz CT molecular complexity index is 1370. The topological polar surface area (TPSA) is 62.3 Å². The van der Waals surface area contributed by atoms with Gasteiger partial charge in [0.05, 0.1) is 16.8 Å². The monoisotopic (exact) mass is 477 g/mol. The predicted octanol–water partition coefficient (Wildman–Crippen LogP) is 5.95. The first-order chi connectivity index (χ1) is 17.5. The molecule has 2 amide bonds. The van der Waals surface area contributed by atoms with Crippen molar-refractivity contribution in [2.75, 3.05) is 13.1 Å². The summed E-state index contributed by atoms with van der Waals surface area (Å²) in [7, 11) is 0. The van der Waals surface area contributed by atoms with E-state index in [-0.39, 0.29) is 23.8 Å². The molecule has 1 aliphatic heterocycles. The third kappa shape index (κ3) is 5.01. The third-order valence-electron chi connectivity index (χ3n) is 6.88. The Balaban J connectivity index is 1.38. The van der Waals surface area contributed by atoms with Crippen molar-refractivity contribution in [3.8, 4) is 22.4 Å². The van der Waals surface area contributed by atoms with Crippen LogP contribution in [0.5, 0.6) is 0 Å². The summed E-state index contributed by atoms with van der Waals surface area (Å²) >= 11 is 0. The van der Waals surface area contributed by atoms with Crippen LogP contribution in [0.4, 0.5) is 0 Å². The molecule has 1 aliphatic rings. The van der Waals surface area contributed by atoms with Crippen LogP contribution in [0.3, 0.4) is 0 Å². The van der Waals surface area contributed by atoms with Crippen molar-refractivity contribution in [3.63, 3.8) is 0 Å². The second-order valence-electron chi connectivity index (χ2n) is 9.74. The molecule has 1 aromatic heterocycles. The standard InChI is InChI=1S/C31H31N3O2/c1-21(2)31(36)34-18-16-25(17-19-34)32-30(35)27-20-29(33-28-11-7-6-10-26(27)28)24-14-12-23(13-15-24)22-8-4-3-5-9-22/h3-15,20-21,25H,16-19H2,1-2H3,(H,32,35). The minimum Gasteiger partial charge on any atom is -0.349 e. The number of carbonyl (C=O) groups excluding carboxylic acids is 2. The van der Waals surface area contributed by atoms with Gasteiger partial charge in [-0.05, 0) is 36.1 Å². The zero-order valence-corrected chi connectivity index (χ0v) is 20.8. The highest BCUT2D eigenvalue weighted by atomic mass is 16.2. The molecule has 0 bridgehead atoms. The summed E-state index contributed by atoms with van der Waals surface area (Å²) in [5.74, 6) is 0.0896. The number of para-hydroxylation sites is 1. The quantitative estimate of drug-likeness (QED) is 0.387. The van der Waals surface area contributed by atoms with Crippen LogP contribution in [0, 0.1) is 5.92 Å². The second kappa shape index (κ2) is 10.3. The Labute approximate surface area is 212 Å². The zero-order chi connectivity index (χ0) is 25.1. The third-order valence-corrected chi connectivity index (χ3v) is 6.88. The van der Waals surface area contributed by atoms with Gasteiger partial charge < -0.3 is 10.2 Å². The number of piperidine rings is 1. The number of amides is 2. The summed E-state index contributed by atoms with van der Waals surface area (Å²) in [6.07, 6.45) is 1.53. The Morgan fingerprint density at radius 2 is 1.44 bits per heavy atom. The maximum absolute atomic E-state index is 13.5. The number of hydrogen-bond acceptors (Lipinski definition) is 3. The largest absolute Gasteiger partial charge is 0.349 e. The minimum atomic E-state index is -0.0932. The average molecular weight is 478 g/mol. The molecule has 3 aromatic carbocycles. The number of nitrogens with zero attached hydrogens (tertiary/aromatic N) is 2. The van der Waals surface area contributed by atoms with E-state index in [4.69, 9.17) is 4.98 Å². The van der Waals surface area contributed by atoms with Gasteiger partial charge in [-0.3, -0.25) is 9.59 Å². The highest BCUT2D eigenvalue weighted by Gasteiger charge is 2.26. The number of nitrogens with one attached hydrogen (secondary N) is 1. The van der Waals surface area contributed by atoms with Crippen LogP contribution in [0.25, 0.3) is 33.3 Å². The number of pyridine rings is 1. The minimum absolute atomic E-state index is 0.000459. The summed E-state index contributed by atoms with van der Waals surface area (Å²) in [4.78, 5) is 32.5. The van der Waals surface area contributed by atoms with Gasteiger partial charge in [-0.1, -0.05) is 86.6 Å². The molecule has 5 heteroatoms. The summed E-state index contributed by atoms with van der Waals surface area (Å²) < 4.78 is 0. The summed E-state index contributed by atoms with van der Waals surface area (Å²) in [6, 6.07) is 28.3. The van der Waals surface area contributed by atoms with Gasteiger partial charge in [0.15, 0.2) is 0 Å². The Morgan fingerprint density at radius 1 is 0.833 bits per heavy atom. The van der Waals surface area contributed by atoms with Crippen LogP contribution in [-0.2, 0) is 4.79 Å². The van der Waals surface area contributed by atoms with Gasteiger partial charge in [-0.15, -0.1) is 0 Å². The van der Waals surface area contributed by atoms with Gasteiger partial charge in [0, 0.05) is 36.0 Å². The lowest BCUT2D eigenvalue weighted by Crippen LogP contribution is -2.47. The number of fused-ring (bicyclic) bond motifs is 1. The fourth-order valence-corrected chi connectivity index (χ4v) is 4.85. The van der Waals surface area contributed by atoms with E-state index in [0.29, 0.717) is 18.7 Å². The summed E-state index contributed by atoms with van der Waals surface area (Å²) in [5.41, 5.74) is 5.47. The SMILES string of the molecule is CC(C)C(=O)N1CCC(NC(=O)c2cc(-c3ccc(-c4ccccc4)cc3)nc3ccccc23)CC1. The molecule has 0 atom stereocenters. The van der Waals surface area contributed by atoms with Gasteiger partial charge in [0.2, 0.25) is 5.91 Å². The lowest BCUT2D eigenvalue weighted by Gasteiger charge is -2.33. The molecule has 36 heavy (non-hydrogen) atoms. The van der Waals surface area contributed by atoms with Crippen molar-refractivity contribution in [2.24, 2.45) is 5.92 Å². The average Bonchev–Trinajstić information content (AvgIpc) is 2.93. The van der Waals surface area contributed by atoms with E-state index in [1.54, 1.807) is 0 Å². The Hall–Kier alpha value is -3.99. The zero-order valence-electron chi connectivity index (χ0n) is 20.8. The van der Waals surface area contributed by atoms with Crippen LogP contribution in [0.2, 0.25) is 0 Å². The molecule has 0 saturated carbocycles. The molecule has 5 nitrogen and oxygen atoms in total. The van der Waals surface area contributed by atoms with E-state index < -0.39 is 0 Å². The van der Waals surface area contributed by atoms with Crippen LogP contribution in [0.1, 0.15) is 37.0 Å².